The van der Waals surface area contributed by atoms with Crippen molar-refractivity contribution in [2.45, 2.75) is 52.0 Å². The van der Waals surface area contributed by atoms with E-state index in [2.05, 4.69) is 9.88 Å². The molecule has 2 heterocycles. The van der Waals surface area contributed by atoms with Crippen LogP contribution in [0.25, 0.3) is 0 Å². The van der Waals surface area contributed by atoms with E-state index in [0.29, 0.717) is 0 Å². The van der Waals surface area contributed by atoms with Gasteiger partial charge in [-0.2, -0.15) is 0 Å². The van der Waals surface area contributed by atoms with Gasteiger partial charge in [0.1, 0.15) is 0 Å². The summed E-state index contributed by atoms with van der Waals surface area (Å²) in [5.41, 5.74) is 1.34. The largest absolute Gasteiger partial charge is 0.292 e. The lowest BCUT2D eigenvalue weighted by Crippen LogP contribution is -2.50. The molecule has 0 spiro atoms. The molecular weight excluding hydrogens is 236 g/mol. The van der Waals surface area contributed by atoms with E-state index in [1.54, 1.807) is 12.4 Å². The van der Waals surface area contributed by atoms with Crippen molar-refractivity contribution < 1.29 is 4.79 Å². The van der Waals surface area contributed by atoms with Crippen LogP contribution in [0, 0.1) is 6.92 Å². The molecule has 1 aliphatic heterocycles. The van der Waals surface area contributed by atoms with Gasteiger partial charge in [-0.15, -0.1) is 0 Å². The molecule has 3 heteroatoms. The van der Waals surface area contributed by atoms with Crippen LogP contribution in [0.4, 0.5) is 0 Å². The molecular formula is C16H24N2O. The number of rotatable bonds is 3. The van der Waals surface area contributed by atoms with Gasteiger partial charge in [0.2, 0.25) is 0 Å². The molecule has 0 saturated carbocycles. The molecule has 0 radical (unpaired) electrons. The molecule has 19 heavy (non-hydrogen) atoms. The smallest absolute Gasteiger partial charge is 0.184 e. The van der Waals surface area contributed by atoms with Crippen molar-refractivity contribution in [3.8, 4) is 0 Å². The molecule has 0 amide bonds. The monoisotopic (exact) mass is 260 g/mol. The van der Waals surface area contributed by atoms with Crippen molar-refractivity contribution in [1.29, 1.82) is 0 Å². The quantitative estimate of drug-likeness (QED) is 0.782. The van der Waals surface area contributed by atoms with Gasteiger partial charge in [-0.05, 0) is 58.3 Å². The zero-order chi connectivity index (χ0) is 13.9. The minimum atomic E-state index is -0.431. The maximum absolute atomic E-state index is 12.7. The Morgan fingerprint density at radius 2 is 1.79 bits per heavy atom. The van der Waals surface area contributed by atoms with Crippen molar-refractivity contribution in [2.24, 2.45) is 0 Å². The van der Waals surface area contributed by atoms with Crippen LogP contribution in [0.5, 0.6) is 0 Å². The average Bonchev–Trinajstić information content (AvgIpc) is 2.67. The van der Waals surface area contributed by atoms with Crippen molar-refractivity contribution in [1.82, 2.24) is 9.88 Å². The first-order chi connectivity index (χ1) is 9.01. The Balaban J connectivity index is 2.20. The maximum Gasteiger partial charge on any atom is 0.184 e. The summed E-state index contributed by atoms with van der Waals surface area (Å²) >= 11 is 0. The molecule has 0 aliphatic carbocycles. The Morgan fingerprint density at radius 1 is 1.16 bits per heavy atom. The molecule has 1 aromatic rings. The van der Waals surface area contributed by atoms with Crippen LogP contribution in [-0.2, 0) is 0 Å². The predicted molar refractivity (Wildman–Crippen MR) is 77.4 cm³/mol. The third-order valence-corrected chi connectivity index (χ3v) is 4.09. The number of pyridine rings is 1. The normalized spacial score (nSPS) is 18.1. The Bertz CT molecular complexity index is 446. The zero-order valence-corrected chi connectivity index (χ0v) is 12.3. The number of carbonyl (C=O) groups is 1. The highest BCUT2D eigenvalue weighted by Gasteiger charge is 2.35. The Hall–Kier alpha value is -1.22. The van der Waals surface area contributed by atoms with E-state index in [1.165, 1.54) is 25.7 Å². The Kier molecular flexibility index (Phi) is 4.35. The van der Waals surface area contributed by atoms with E-state index in [4.69, 9.17) is 0 Å². The molecule has 0 bridgehead atoms. The van der Waals surface area contributed by atoms with Crippen molar-refractivity contribution in [3.05, 3.63) is 29.6 Å². The van der Waals surface area contributed by atoms with Gasteiger partial charge >= 0.3 is 0 Å². The highest BCUT2D eigenvalue weighted by Crippen LogP contribution is 2.24. The second kappa shape index (κ2) is 5.83. The number of hydrogen-bond acceptors (Lipinski definition) is 3. The van der Waals surface area contributed by atoms with Gasteiger partial charge < -0.3 is 0 Å². The van der Waals surface area contributed by atoms with Crippen LogP contribution in [-0.4, -0.2) is 34.3 Å². The predicted octanol–water partition coefficient (Wildman–Crippen LogP) is 3.23. The van der Waals surface area contributed by atoms with E-state index >= 15 is 0 Å². The summed E-state index contributed by atoms with van der Waals surface area (Å²) in [7, 11) is 0. The number of carbonyl (C=O) groups excluding carboxylic acids is 1. The van der Waals surface area contributed by atoms with E-state index in [1.807, 2.05) is 26.8 Å². The SMILES string of the molecule is Cc1cncc(C(=O)C(C)(C)N2CCCCCC2)c1. The van der Waals surface area contributed by atoms with Crippen LogP contribution < -0.4 is 0 Å². The molecule has 0 N–H and O–H groups in total. The van der Waals surface area contributed by atoms with Gasteiger partial charge in [0, 0.05) is 18.0 Å². The van der Waals surface area contributed by atoms with E-state index < -0.39 is 5.54 Å². The zero-order valence-electron chi connectivity index (χ0n) is 12.3. The van der Waals surface area contributed by atoms with E-state index in [9.17, 15) is 4.79 Å². The van der Waals surface area contributed by atoms with Crippen LogP contribution in [0.1, 0.15) is 55.5 Å². The number of hydrogen-bond donors (Lipinski definition) is 0. The molecule has 104 valence electrons. The lowest BCUT2D eigenvalue weighted by molar-refractivity contribution is 0.0649. The summed E-state index contributed by atoms with van der Waals surface area (Å²) in [5.74, 6) is 0.186. The first-order valence-corrected chi connectivity index (χ1v) is 7.23. The topological polar surface area (TPSA) is 33.2 Å². The number of ketones is 1. The van der Waals surface area contributed by atoms with Gasteiger partial charge in [0.25, 0.3) is 0 Å². The van der Waals surface area contributed by atoms with Gasteiger partial charge in [0.05, 0.1) is 5.54 Å². The number of aromatic nitrogens is 1. The van der Waals surface area contributed by atoms with Crippen LogP contribution >= 0.6 is 0 Å². The fraction of sp³-hybridized carbons (Fsp3) is 0.625. The van der Waals surface area contributed by atoms with Gasteiger partial charge in [-0.25, -0.2) is 0 Å². The lowest BCUT2D eigenvalue weighted by Gasteiger charge is -2.36. The third kappa shape index (κ3) is 3.21. The first kappa shape index (κ1) is 14.2. The number of Topliss-reactive ketones (excluding diaryl/α,β-unsaturated/α-hetero) is 1. The van der Waals surface area contributed by atoms with Gasteiger partial charge in [-0.1, -0.05) is 12.8 Å². The molecule has 0 aromatic carbocycles. The summed E-state index contributed by atoms with van der Waals surface area (Å²) in [6.45, 7) is 8.12. The molecule has 3 nitrogen and oxygen atoms in total. The van der Waals surface area contributed by atoms with Crippen LogP contribution in [0.3, 0.4) is 0 Å². The van der Waals surface area contributed by atoms with Crippen molar-refractivity contribution in [2.75, 3.05) is 13.1 Å². The first-order valence-electron chi connectivity index (χ1n) is 7.23. The number of aryl methyl sites for hydroxylation is 1. The second-order valence-corrected chi connectivity index (χ2v) is 6.04. The summed E-state index contributed by atoms with van der Waals surface area (Å²) in [6.07, 6.45) is 8.44. The average molecular weight is 260 g/mol. The highest BCUT2D eigenvalue weighted by atomic mass is 16.1. The standard InChI is InChI=1S/C16H24N2O/c1-13-10-14(12-17-11-13)15(19)16(2,3)18-8-6-4-5-7-9-18/h10-12H,4-9H2,1-3H3. The molecule has 1 aliphatic rings. The Morgan fingerprint density at radius 3 is 2.37 bits per heavy atom. The summed E-state index contributed by atoms with van der Waals surface area (Å²) < 4.78 is 0. The summed E-state index contributed by atoms with van der Waals surface area (Å²) in [5, 5.41) is 0. The van der Waals surface area contributed by atoms with Crippen molar-refractivity contribution in [3.63, 3.8) is 0 Å². The molecule has 0 unspecified atom stereocenters. The van der Waals surface area contributed by atoms with Gasteiger partial charge in [-0.3, -0.25) is 14.7 Å². The molecule has 0 atom stereocenters. The van der Waals surface area contributed by atoms with Crippen molar-refractivity contribution >= 4 is 5.78 Å². The molecule has 1 saturated heterocycles. The second-order valence-electron chi connectivity index (χ2n) is 6.04. The molecule has 1 fully saturated rings. The van der Waals surface area contributed by atoms with E-state index in [-0.39, 0.29) is 5.78 Å². The Labute approximate surface area is 116 Å². The molecule has 1 aromatic heterocycles. The van der Waals surface area contributed by atoms with E-state index in [0.717, 1.165) is 24.2 Å². The fourth-order valence-corrected chi connectivity index (χ4v) is 2.81. The number of nitrogens with zero attached hydrogens (tertiary/aromatic N) is 2. The van der Waals surface area contributed by atoms with Gasteiger partial charge in [0.15, 0.2) is 5.78 Å². The van der Waals surface area contributed by atoms with Crippen LogP contribution in [0.15, 0.2) is 18.5 Å². The summed E-state index contributed by atoms with van der Waals surface area (Å²) in [6, 6.07) is 1.94. The highest BCUT2D eigenvalue weighted by molar-refractivity contribution is 6.02. The van der Waals surface area contributed by atoms with Crippen LogP contribution in [0.2, 0.25) is 0 Å². The fourth-order valence-electron chi connectivity index (χ4n) is 2.81. The number of likely N-dealkylation sites (tertiary alicyclic amines) is 1. The minimum absolute atomic E-state index is 0.186. The maximum atomic E-state index is 12.7. The lowest BCUT2D eigenvalue weighted by atomic mass is 9.91. The summed E-state index contributed by atoms with van der Waals surface area (Å²) in [4.78, 5) is 19.2. The molecule has 2 rings (SSSR count). The third-order valence-electron chi connectivity index (χ3n) is 4.09. The minimum Gasteiger partial charge on any atom is -0.292 e.